The van der Waals surface area contributed by atoms with Crippen molar-refractivity contribution in [2.75, 3.05) is 13.7 Å². The van der Waals surface area contributed by atoms with Gasteiger partial charge in [0.15, 0.2) is 5.60 Å². The lowest BCUT2D eigenvalue weighted by Gasteiger charge is -2.35. The van der Waals surface area contributed by atoms with Crippen molar-refractivity contribution < 1.29 is 59.7 Å². The van der Waals surface area contributed by atoms with Gasteiger partial charge in [-0.15, -0.1) is 0 Å². The van der Waals surface area contributed by atoms with Crippen LogP contribution < -0.4 is 24.8 Å². The highest BCUT2D eigenvalue weighted by Crippen LogP contribution is 2.47. The van der Waals surface area contributed by atoms with Gasteiger partial charge in [-0.2, -0.15) is 0 Å². The highest BCUT2D eigenvalue weighted by molar-refractivity contribution is 7.91. The van der Waals surface area contributed by atoms with Gasteiger partial charge in [-0.05, 0) is 78.4 Å². The van der Waals surface area contributed by atoms with Crippen LogP contribution in [0.1, 0.15) is 86.5 Å². The first kappa shape index (κ1) is 43.9. The van der Waals surface area contributed by atoms with E-state index in [0.29, 0.717) is 38.0 Å². The molecule has 1 aromatic heterocycles. The average Bonchev–Trinajstić information content (AvgIpc) is 4.03. The number of sulfonamides is 1. The summed E-state index contributed by atoms with van der Waals surface area (Å²) in [7, 11) is -2.73. The van der Waals surface area contributed by atoms with Crippen molar-refractivity contribution in [3.05, 3.63) is 42.4 Å². The number of aromatic nitrogens is 1. The van der Waals surface area contributed by atoms with Crippen LogP contribution in [0.2, 0.25) is 0 Å². The van der Waals surface area contributed by atoms with Gasteiger partial charge in [-0.1, -0.05) is 19.1 Å². The van der Waals surface area contributed by atoms with E-state index in [9.17, 15) is 40.8 Å². The maximum Gasteiger partial charge on any atom is 0.408 e. The zero-order valence-electron chi connectivity index (χ0n) is 34.1. The zero-order chi connectivity index (χ0) is 43.3. The maximum absolute atomic E-state index is 14.9. The summed E-state index contributed by atoms with van der Waals surface area (Å²) >= 11 is 0. The van der Waals surface area contributed by atoms with Crippen LogP contribution in [0.5, 0.6) is 11.6 Å². The fourth-order valence-electron chi connectivity index (χ4n) is 7.39. The molecule has 6 rings (SSSR count). The lowest BCUT2D eigenvalue weighted by atomic mass is 10.0. The molecule has 2 aliphatic heterocycles. The third-order valence-corrected chi connectivity index (χ3v) is 14.1. The third-order valence-electron chi connectivity index (χ3n) is 11.9. The summed E-state index contributed by atoms with van der Waals surface area (Å²) < 4.78 is 94.1. The molecule has 0 bridgehead atoms. The molecule has 59 heavy (non-hydrogen) atoms. The van der Waals surface area contributed by atoms with E-state index in [0.717, 1.165) is 18.7 Å². The van der Waals surface area contributed by atoms with Gasteiger partial charge in [0, 0.05) is 36.9 Å². The van der Waals surface area contributed by atoms with Crippen LogP contribution in [-0.4, -0.2) is 108 Å². The number of pyridine rings is 1. The quantitative estimate of drug-likeness (QED) is 0.282. The van der Waals surface area contributed by atoms with Gasteiger partial charge in [0.2, 0.25) is 27.7 Å². The molecule has 0 radical (unpaired) electrons. The number of rotatable bonds is 10. The van der Waals surface area contributed by atoms with Crippen molar-refractivity contribution >= 4 is 44.6 Å². The molecule has 15 nitrogen and oxygen atoms in total. The molecular formula is C40H52F3N5O10S. The second kappa shape index (κ2) is 16.1. The molecule has 1 saturated heterocycles. The number of nitrogens with zero attached hydrogens (tertiary/aromatic N) is 2. The number of hydrogen-bond acceptors (Lipinski definition) is 11. The smallest absolute Gasteiger partial charge is 0.408 e. The van der Waals surface area contributed by atoms with Gasteiger partial charge in [0.25, 0.3) is 11.8 Å². The molecule has 3 heterocycles. The van der Waals surface area contributed by atoms with Crippen LogP contribution in [0.4, 0.5) is 18.0 Å². The molecule has 0 spiro atoms. The zero-order valence-corrected chi connectivity index (χ0v) is 34.9. The molecule has 324 valence electrons. The number of fused-ring (bicyclic) bond motifs is 3. The van der Waals surface area contributed by atoms with E-state index in [4.69, 9.17) is 18.9 Å². The highest BCUT2D eigenvalue weighted by atomic mass is 32.2. The molecule has 7 atom stereocenters. The molecule has 19 heteroatoms. The molecule has 3 fully saturated rings. The van der Waals surface area contributed by atoms with Gasteiger partial charge in [0.1, 0.15) is 35.3 Å². The van der Waals surface area contributed by atoms with Crippen molar-refractivity contribution in [2.45, 2.75) is 139 Å². The number of halogens is 3. The SMILES string of the molecule is CC[C@@H]1O[C@@H](C)CC/C=C\[C@@H]2C[C@@]2(C(=O)NS(=O)(=O)C2(C)CC2)NC(=O)[C@@H]2C[C@@H](Oc3nccc4c(OC)cc(F)cc34)CN2C(=O)[C@H]1NC(=O)OC(C)(C)C(C)(F)F. The summed E-state index contributed by atoms with van der Waals surface area (Å²) in [6, 6.07) is 1.02. The van der Waals surface area contributed by atoms with Crippen LogP contribution in [0, 0.1) is 11.7 Å². The second-order valence-corrected chi connectivity index (χ2v) is 19.0. The number of benzene rings is 1. The standard InChI is InChI=1S/C40H52F3N5O10S/c1-8-29-31(45-36(52)58-37(3,4)39(6,42)43)34(50)48-21-25(57-33-27-17-24(41)18-30(55-7)26(27)13-16-44-33)19-28(48)32(49)46-40(20-23(40)12-10-9-11-22(2)56-29)35(51)47-59(53,54)38(5)14-15-38/h10,12-13,16-18,22-23,25,28-29,31H,8-9,11,14-15,19-21H2,1-7H3,(H,45,52)(H,46,49)(H,47,51)/b12-10-/t22-,23+,25+,28-,29-,31-,40+/m0/s1. The van der Waals surface area contributed by atoms with E-state index >= 15 is 0 Å². The van der Waals surface area contributed by atoms with Crippen LogP contribution in [0.3, 0.4) is 0 Å². The molecule has 2 aliphatic carbocycles. The fraction of sp³-hybridized carbons (Fsp3) is 0.625. The van der Waals surface area contributed by atoms with Crippen molar-refractivity contribution in [3.63, 3.8) is 0 Å². The Morgan fingerprint density at radius 1 is 1.15 bits per heavy atom. The summed E-state index contributed by atoms with van der Waals surface area (Å²) in [4.78, 5) is 62.1. The molecule has 1 aromatic carbocycles. The molecule has 4 aliphatic rings. The Kier molecular flexibility index (Phi) is 12.0. The van der Waals surface area contributed by atoms with E-state index in [1.807, 2.05) is 0 Å². The number of hydrogen-bond donors (Lipinski definition) is 3. The van der Waals surface area contributed by atoms with Gasteiger partial charge in [-0.3, -0.25) is 19.1 Å². The van der Waals surface area contributed by atoms with Gasteiger partial charge < -0.3 is 34.5 Å². The number of nitrogens with one attached hydrogen (secondary N) is 3. The average molecular weight is 852 g/mol. The summed E-state index contributed by atoms with van der Waals surface area (Å²) in [5, 5.41) is 5.92. The molecule has 4 amide bonds. The first-order chi connectivity index (χ1) is 27.5. The van der Waals surface area contributed by atoms with Crippen molar-refractivity contribution in [1.82, 2.24) is 25.2 Å². The Morgan fingerprint density at radius 3 is 2.51 bits per heavy atom. The number of alkyl carbamates (subject to hydrolysis) is 1. The molecule has 2 saturated carbocycles. The number of ether oxygens (including phenoxy) is 4. The number of alkyl halides is 2. The highest BCUT2D eigenvalue weighted by Gasteiger charge is 2.63. The van der Waals surface area contributed by atoms with Gasteiger partial charge in [0.05, 0.1) is 36.0 Å². The molecule has 3 N–H and O–H groups in total. The first-order valence-corrected chi connectivity index (χ1v) is 21.2. The van der Waals surface area contributed by atoms with Crippen molar-refractivity contribution in [3.8, 4) is 11.6 Å². The van der Waals surface area contributed by atoms with Crippen LogP contribution in [0.25, 0.3) is 10.8 Å². The Labute approximate surface area is 341 Å². The number of amides is 4. The largest absolute Gasteiger partial charge is 0.496 e. The lowest BCUT2D eigenvalue weighted by Crippen LogP contribution is -2.61. The predicted molar refractivity (Wildman–Crippen MR) is 208 cm³/mol. The maximum atomic E-state index is 14.9. The fourth-order valence-corrected chi connectivity index (χ4v) is 8.70. The Morgan fingerprint density at radius 2 is 1.86 bits per heavy atom. The van der Waals surface area contributed by atoms with Crippen LogP contribution in [0.15, 0.2) is 36.5 Å². The van der Waals surface area contributed by atoms with E-state index in [-0.39, 0.29) is 42.8 Å². The monoisotopic (exact) mass is 851 g/mol. The summed E-state index contributed by atoms with van der Waals surface area (Å²) in [5.41, 5.74) is -3.97. The van der Waals surface area contributed by atoms with E-state index in [1.165, 1.54) is 32.4 Å². The Balaban J connectivity index is 1.38. The van der Waals surface area contributed by atoms with Gasteiger partial charge >= 0.3 is 6.09 Å². The van der Waals surface area contributed by atoms with Crippen LogP contribution in [-0.2, 0) is 33.9 Å². The minimum atomic E-state index is -4.10. The number of allylic oxidation sites excluding steroid dienone is 1. The van der Waals surface area contributed by atoms with Crippen molar-refractivity contribution in [1.29, 1.82) is 0 Å². The van der Waals surface area contributed by atoms with Gasteiger partial charge in [-0.25, -0.2) is 31.4 Å². The number of carbonyl (C=O) groups excluding carboxylic acids is 4. The summed E-state index contributed by atoms with van der Waals surface area (Å²) in [6.07, 6.45) is 2.71. The molecular weight excluding hydrogens is 800 g/mol. The number of carbonyl (C=O) groups is 4. The Hall–Kier alpha value is -4.65. The first-order valence-electron chi connectivity index (χ1n) is 19.7. The lowest BCUT2D eigenvalue weighted by molar-refractivity contribution is -0.153. The summed E-state index contributed by atoms with van der Waals surface area (Å²) in [6.45, 7) is 7.32. The minimum absolute atomic E-state index is 0.0347. The number of methoxy groups -OCH3 is 1. The minimum Gasteiger partial charge on any atom is -0.496 e. The van der Waals surface area contributed by atoms with Crippen LogP contribution >= 0.6 is 0 Å². The van der Waals surface area contributed by atoms with E-state index in [2.05, 4.69) is 20.3 Å². The van der Waals surface area contributed by atoms with E-state index < -0.39 is 97.8 Å². The Bertz CT molecular complexity index is 2130. The topological polar surface area (TPSA) is 192 Å². The predicted octanol–water partition coefficient (Wildman–Crippen LogP) is 4.67. The summed E-state index contributed by atoms with van der Waals surface area (Å²) in [5.74, 6) is -7.12. The third kappa shape index (κ3) is 8.95. The molecule has 2 aromatic rings. The molecule has 0 unspecified atom stereocenters. The van der Waals surface area contributed by atoms with E-state index in [1.54, 1.807) is 32.1 Å². The second-order valence-electron chi connectivity index (χ2n) is 16.8. The normalized spacial score (nSPS) is 29.2. The van der Waals surface area contributed by atoms with Crippen molar-refractivity contribution in [2.24, 2.45) is 5.92 Å².